The molecule has 0 aliphatic rings. The Labute approximate surface area is 248 Å². The number of carboxylic acid groups (broad SMARTS) is 1. The van der Waals surface area contributed by atoms with E-state index in [1.807, 2.05) is 48.5 Å². The fourth-order valence-electron chi connectivity index (χ4n) is 3.35. The van der Waals surface area contributed by atoms with E-state index in [-0.39, 0.29) is 61.4 Å². The molecule has 3 unspecified atom stereocenters. The lowest BCUT2D eigenvalue weighted by Gasteiger charge is -2.28. The number of carbonyl (C=O) groups is 4. The third kappa shape index (κ3) is 13.9. The van der Waals surface area contributed by atoms with Gasteiger partial charge in [0.2, 0.25) is 0 Å². The van der Waals surface area contributed by atoms with Crippen molar-refractivity contribution in [1.82, 2.24) is 0 Å². The molecule has 0 spiro atoms. The van der Waals surface area contributed by atoms with Crippen LogP contribution in [0.15, 0.2) is 18.2 Å². The van der Waals surface area contributed by atoms with E-state index >= 15 is 0 Å². The predicted octanol–water partition coefficient (Wildman–Crippen LogP) is 6.11. The van der Waals surface area contributed by atoms with Crippen molar-refractivity contribution in [2.75, 3.05) is 19.8 Å². The highest BCUT2D eigenvalue weighted by Crippen LogP contribution is 2.31. The van der Waals surface area contributed by atoms with Crippen LogP contribution in [0.2, 0.25) is 0 Å². The summed E-state index contributed by atoms with van der Waals surface area (Å²) < 4.78 is 31.2. The second-order valence-corrected chi connectivity index (χ2v) is 12.0. The number of rotatable bonds is 15. The first-order valence-electron chi connectivity index (χ1n) is 14.2. The lowest BCUT2D eigenvalue weighted by molar-refractivity contribution is -0.144. The molecule has 0 amide bonds. The van der Waals surface area contributed by atoms with Crippen LogP contribution >= 0.6 is 0 Å². The molecule has 0 aliphatic heterocycles. The first-order chi connectivity index (χ1) is 19.5. The molecular weight excluding hydrogens is 550 g/mol. The smallest absolute Gasteiger partial charge is 0.480 e. The molecule has 3 N–H and O–H groups in total. The Balaban J connectivity index is 3.13. The van der Waals surface area contributed by atoms with E-state index in [0.717, 1.165) is 12.8 Å². The highest BCUT2D eigenvalue weighted by molar-refractivity contribution is 5.79. The van der Waals surface area contributed by atoms with Crippen molar-refractivity contribution in [3.63, 3.8) is 0 Å². The molecule has 42 heavy (non-hydrogen) atoms. The number of ether oxygens (including phenoxy) is 6. The lowest BCUT2D eigenvalue weighted by Crippen LogP contribution is -2.52. The number of benzene rings is 1. The summed E-state index contributed by atoms with van der Waals surface area (Å²) in [5.41, 5.74) is 4.46. The average molecular weight is 598 g/mol. The standard InChI is InChI=1S/C30H47NO11/c1-9-19(3)16-37-26(34)41-23-12-11-22(13-24(23)42-27(35)38-17-20(4)10-2)15-30(31,25(32)33)14-21(5)40-28(36)39-18-29(6,7)8/h11-13,19-21H,9-10,14-18,31H2,1-8H3,(H,32,33)/t19?,20?,21-,30?/m0/s1. The zero-order valence-electron chi connectivity index (χ0n) is 26.0. The van der Waals surface area contributed by atoms with Crippen molar-refractivity contribution >= 4 is 24.4 Å². The van der Waals surface area contributed by atoms with Gasteiger partial charge >= 0.3 is 24.4 Å². The van der Waals surface area contributed by atoms with E-state index in [4.69, 9.17) is 34.2 Å². The van der Waals surface area contributed by atoms with Crippen LogP contribution in [0.1, 0.15) is 80.2 Å². The molecule has 4 atom stereocenters. The van der Waals surface area contributed by atoms with Gasteiger partial charge in [-0.05, 0) is 41.9 Å². The quantitative estimate of drug-likeness (QED) is 0.135. The monoisotopic (exact) mass is 597 g/mol. The van der Waals surface area contributed by atoms with Gasteiger partial charge in [0.05, 0.1) is 19.8 Å². The second-order valence-electron chi connectivity index (χ2n) is 12.0. The van der Waals surface area contributed by atoms with E-state index in [0.29, 0.717) is 5.56 Å². The first-order valence-corrected chi connectivity index (χ1v) is 14.2. The van der Waals surface area contributed by atoms with Crippen molar-refractivity contribution < 1.29 is 52.7 Å². The molecule has 0 fully saturated rings. The summed E-state index contributed by atoms with van der Waals surface area (Å²) >= 11 is 0. The lowest BCUT2D eigenvalue weighted by atomic mass is 9.86. The fourth-order valence-corrected chi connectivity index (χ4v) is 3.35. The van der Waals surface area contributed by atoms with E-state index in [9.17, 15) is 24.3 Å². The highest BCUT2D eigenvalue weighted by Gasteiger charge is 2.37. The van der Waals surface area contributed by atoms with Gasteiger partial charge in [-0.15, -0.1) is 0 Å². The molecule has 1 rings (SSSR count). The van der Waals surface area contributed by atoms with Crippen LogP contribution in [0, 0.1) is 17.3 Å². The Morgan fingerprint density at radius 3 is 1.83 bits per heavy atom. The summed E-state index contributed by atoms with van der Waals surface area (Å²) in [6.07, 6.45) is -2.77. The van der Waals surface area contributed by atoms with E-state index in [1.54, 1.807) is 0 Å². The van der Waals surface area contributed by atoms with Gasteiger partial charge in [0.25, 0.3) is 0 Å². The van der Waals surface area contributed by atoms with Crippen LogP contribution in [-0.2, 0) is 30.2 Å². The normalized spacial score (nSPS) is 14.9. The molecule has 0 aromatic heterocycles. The molecule has 0 heterocycles. The number of aliphatic carboxylic acids is 1. The molecule has 0 bridgehead atoms. The first kappa shape index (κ1) is 36.5. The Morgan fingerprint density at radius 1 is 0.833 bits per heavy atom. The largest absolute Gasteiger partial charge is 0.513 e. The highest BCUT2D eigenvalue weighted by atomic mass is 16.7. The maximum absolute atomic E-state index is 12.4. The van der Waals surface area contributed by atoms with Crippen LogP contribution in [0.25, 0.3) is 0 Å². The van der Waals surface area contributed by atoms with Gasteiger partial charge in [0.15, 0.2) is 11.5 Å². The molecule has 0 radical (unpaired) electrons. The van der Waals surface area contributed by atoms with Crippen LogP contribution in [0.3, 0.4) is 0 Å². The molecule has 238 valence electrons. The summed E-state index contributed by atoms with van der Waals surface area (Å²) in [7, 11) is 0. The molecular formula is C30H47NO11. The molecule has 0 saturated carbocycles. The van der Waals surface area contributed by atoms with Gasteiger partial charge in [-0.3, -0.25) is 4.79 Å². The van der Waals surface area contributed by atoms with Crippen molar-refractivity contribution in [3.8, 4) is 11.5 Å². The minimum absolute atomic E-state index is 0.0958. The van der Waals surface area contributed by atoms with Gasteiger partial charge < -0.3 is 39.3 Å². The number of hydrogen-bond donors (Lipinski definition) is 2. The SMILES string of the molecule is CCC(C)COC(=O)Oc1ccc(CC(N)(C[C@H](C)OC(=O)OCC(C)(C)C)C(=O)O)cc1OC(=O)OCC(C)CC. The van der Waals surface area contributed by atoms with Crippen LogP contribution in [0.4, 0.5) is 14.4 Å². The third-order valence-corrected chi connectivity index (χ3v) is 6.28. The summed E-state index contributed by atoms with van der Waals surface area (Å²) in [5.74, 6) is -1.45. The molecule has 1 aromatic rings. The van der Waals surface area contributed by atoms with Gasteiger partial charge in [-0.1, -0.05) is 67.4 Å². The predicted molar refractivity (Wildman–Crippen MR) is 154 cm³/mol. The minimum atomic E-state index is -1.88. The Kier molecular flexibility index (Phi) is 14.6. The zero-order chi connectivity index (χ0) is 32.1. The van der Waals surface area contributed by atoms with Crippen molar-refractivity contribution in [3.05, 3.63) is 23.8 Å². The topological polar surface area (TPSA) is 170 Å². The maximum Gasteiger partial charge on any atom is 0.513 e. The molecule has 0 saturated heterocycles. The van der Waals surface area contributed by atoms with Gasteiger partial charge in [0, 0.05) is 12.8 Å². The maximum atomic E-state index is 12.4. The molecule has 12 heteroatoms. The average Bonchev–Trinajstić information content (AvgIpc) is 2.89. The van der Waals surface area contributed by atoms with E-state index in [1.165, 1.54) is 25.1 Å². The van der Waals surface area contributed by atoms with Crippen LogP contribution < -0.4 is 15.2 Å². The van der Waals surface area contributed by atoms with Gasteiger partial charge in [-0.2, -0.15) is 0 Å². The van der Waals surface area contributed by atoms with E-state index in [2.05, 4.69) is 0 Å². The van der Waals surface area contributed by atoms with Crippen LogP contribution in [-0.4, -0.2) is 61.0 Å². The number of nitrogens with two attached hydrogens (primary N) is 1. The van der Waals surface area contributed by atoms with Crippen molar-refractivity contribution in [2.45, 2.75) is 92.7 Å². The zero-order valence-corrected chi connectivity index (χ0v) is 26.0. The van der Waals surface area contributed by atoms with Crippen LogP contribution in [0.5, 0.6) is 11.5 Å². The fraction of sp³-hybridized carbons (Fsp3) is 0.667. The summed E-state index contributed by atoms with van der Waals surface area (Å²) in [6.45, 7) is 15.2. The number of carboxylic acids is 1. The summed E-state index contributed by atoms with van der Waals surface area (Å²) in [4.78, 5) is 48.9. The molecule has 1 aromatic carbocycles. The van der Waals surface area contributed by atoms with Crippen molar-refractivity contribution in [2.24, 2.45) is 23.0 Å². The third-order valence-electron chi connectivity index (χ3n) is 6.28. The molecule has 0 aliphatic carbocycles. The second kappa shape index (κ2) is 16.8. The van der Waals surface area contributed by atoms with E-state index < -0.39 is 36.1 Å². The Bertz CT molecular complexity index is 1050. The molecule has 12 nitrogen and oxygen atoms in total. The summed E-state index contributed by atoms with van der Waals surface area (Å²) in [6, 6.07) is 4.14. The Hall–Kier alpha value is -3.54. The number of hydrogen-bond acceptors (Lipinski definition) is 11. The van der Waals surface area contributed by atoms with Gasteiger partial charge in [0.1, 0.15) is 11.6 Å². The van der Waals surface area contributed by atoms with Gasteiger partial charge in [-0.25, -0.2) is 14.4 Å². The van der Waals surface area contributed by atoms with Crippen molar-refractivity contribution in [1.29, 1.82) is 0 Å². The minimum Gasteiger partial charge on any atom is -0.480 e. The summed E-state index contributed by atoms with van der Waals surface area (Å²) in [5, 5.41) is 9.96. The number of carbonyl (C=O) groups excluding carboxylic acids is 3. The Morgan fingerprint density at radius 2 is 1.36 bits per heavy atom.